The first-order valence-corrected chi connectivity index (χ1v) is 12.6. The van der Waals surface area contributed by atoms with Crippen molar-refractivity contribution in [2.45, 2.75) is 77.7 Å². The number of carbonyl (C=O) groups is 3. The van der Waals surface area contributed by atoms with Gasteiger partial charge in [0.05, 0.1) is 0 Å². The Bertz CT molecular complexity index is 606. The van der Waals surface area contributed by atoms with Crippen LogP contribution in [0.3, 0.4) is 0 Å². The maximum absolute atomic E-state index is 12.9. The molecule has 5 amide bonds. The van der Waals surface area contributed by atoms with E-state index in [0.29, 0.717) is 38.6 Å². The van der Waals surface area contributed by atoms with Crippen LogP contribution in [-0.4, -0.2) is 85.5 Å². The number of nitrogens with zero attached hydrogens (tertiary/aromatic N) is 3. The summed E-state index contributed by atoms with van der Waals surface area (Å²) in [4.78, 5) is 43.5. The average molecular weight is 452 g/mol. The van der Waals surface area contributed by atoms with Crippen molar-refractivity contribution in [3.63, 3.8) is 0 Å². The number of hydrogen-bond acceptors (Lipinski definition) is 4. The van der Waals surface area contributed by atoms with E-state index >= 15 is 0 Å². The van der Waals surface area contributed by atoms with Crippen LogP contribution in [0.25, 0.3) is 0 Å². The lowest BCUT2D eigenvalue weighted by Crippen LogP contribution is -2.51. The first kappa shape index (κ1) is 26.4. The summed E-state index contributed by atoms with van der Waals surface area (Å²) in [7, 11) is 4.00. The van der Waals surface area contributed by atoms with Crippen LogP contribution in [0.1, 0.15) is 71.6 Å². The zero-order valence-corrected chi connectivity index (χ0v) is 20.7. The number of carbonyl (C=O) groups excluding carboxylic acids is 3. The van der Waals surface area contributed by atoms with E-state index in [4.69, 9.17) is 0 Å². The molecule has 1 aliphatic heterocycles. The largest absolute Gasteiger partial charge is 0.338 e. The molecule has 1 heterocycles. The van der Waals surface area contributed by atoms with Gasteiger partial charge in [-0.25, -0.2) is 9.59 Å². The molecule has 0 radical (unpaired) electrons. The topological polar surface area (TPSA) is 85.0 Å². The Morgan fingerprint density at radius 1 is 1.00 bits per heavy atom. The maximum atomic E-state index is 12.9. The molecule has 32 heavy (non-hydrogen) atoms. The van der Waals surface area contributed by atoms with E-state index < -0.39 is 0 Å². The van der Waals surface area contributed by atoms with Crippen LogP contribution < -0.4 is 10.6 Å². The molecule has 2 rings (SSSR count). The van der Waals surface area contributed by atoms with Gasteiger partial charge >= 0.3 is 12.1 Å². The molecule has 2 unspecified atom stereocenters. The molecular weight excluding hydrogens is 406 g/mol. The Kier molecular flexibility index (Phi) is 11.3. The fraction of sp³-hybridized carbons (Fsp3) is 0.875. The van der Waals surface area contributed by atoms with E-state index in [9.17, 15) is 14.4 Å². The van der Waals surface area contributed by atoms with Crippen LogP contribution in [0.5, 0.6) is 0 Å². The van der Waals surface area contributed by atoms with E-state index in [-0.39, 0.29) is 29.8 Å². The van der Waals surface area contributed by atoms with E-state index in [1.165, 1.54) is 24.2 Å². The maximum Gasteiger partial charge on any atom is 0.324 e. The molecule has 0 aromatic heterocycles. The first-order chi connectivity index (χ1) is 15.3. The van der Waals surface area contributed by atoms with Crippen molar-refractivity contribution in [2.75, 3.05) is 46.8 Å². The van der Waals surface area contributed by atoms with Gasteiger partial charge in [0.2, 0.25) is 5.91 Å². The number of piperidine rings is 1. The Morgan fingerprint density at radius 3 is 2.34 bits per heavy atom. The predicted molar refractivity (Wildman–Crippen MR) is 127 cm³/mol. The fourth-order valence-corrected chi connectivity index (χ4v) is 4.96. The molecule has 0 aromatic rings. The summed E-state index contributed by atoms with van der Waals surface area (Å²) >= 11 is 0. The van der Waals surface area contributed by atoms with Gasteiger partial charge in [0.15, 0.2) is 0 Å². The second-order valence-electron chi connectivity index (χ2n) is 9.68. The van der Waals surface area contributed by atoms with E-state index in [2.05, 4.69) is 22.5 Å². The third-order valence-corrected chi connectivity index (χ3v) is 6.99. The molecule has 2 aliphatic rings. The number of rotatable bonds is 9. The molecule has 0 spiro atoms. The Balaban J connectivity index is 1.82. The summed E-state index contributed by atoms with van der Waals surface area (Å²) in [6, 6.07) is 0.0611. The van der Waals surface area contributed by atoms with Gasteiger partial charge < -0.3 is 20.4 Å². The van der Waals surface area contributed by atoms with Crippen molar-refractivity contribution in [3.05, 3.63) is 0 Å². The van der Waals surface area contributed by atoms with E-state index in [1.54, 1.807) is 0 Å². The Morgan fingerprint density at radius 2 is 1.72 bits per heavy atom. The highest BCUT2D eigenvalue weighted by Crippen LogP contribution is 2.30. The Hall–Kier alpha value is -1.83. The summed E-state index contributed by atoms with van der Waals surface area (Å²) in [5.74, 6) is 0.384. The zero-order valence-electron chi connectivity index (χ0n) is 20.7. The molecule has 184 valence electrons. The van der Waals surface area contributed by atoms with Crippen LogP contribution in [-0.2, 0) is 4.79 Å². The van der Waals surface area contributed by atoms with E-state index in [1.807, 2.05) is 25.9 Å². The summed E-state index contributed by atoms with van der Waals surface area (Å²) in [5.41, 5.74) is 0. The Labute approximate surface area is 194 Å². The minimum absolute atomic E-state index is 0.0485. The van der Waals surface area contributed by atoms with Gasteiger partial charge in [0.25, 0.3) is 0 Å². The number of hydrogen-bond donors (Lipinski definition) is 2. The monoisotopic (exact) mass is 451 g/mol. The van der Waals surface area contributed by atoms with Crippen molar-refractivity contribution in [2.24, 2.45) is 11.8 Å². The van der Waals surface area contributed by atoms with Crippen molar-refractivity contribution in [1.29, 1.82) is 0 Å². The quantitative estimate of drug-likeness (QED) is 0.527. The lowest BCUT2D eigenvalue weighted by atomic mass is 9.81. The minimum Gasteiger partial charge on any atom is -0.338 e. The number of likely N-dealkylation sites (tertiary alicyclic amines) is 1. The van der Waals surface area contributed by atoms with Gasteiger partial charge in [-0.2, -0.15) is 0 Å². The molecule has 8 nitrogen and oxygen atoms in total. The highest BCUT2D eigenvalue weighted by Gasteiger charge is 2.34. The molecule has 0 aromatic carbocycles. The lowest BCUT2D eigenvalue weighted by Gasteiger charge is -2.39. The lowest BCUT2D eigenvalue weighted by molar-refractivity contribution is -0.130. The number of urea groups is 2. The smallest absolute Gasteiger partial charge is 0.324 e. The number of amides is 5. The third-order valence-electron chi connectivity index (χ3n) is 6.99. The van der Waals surface area contributed by atoms with Crippen molar-refractivity contribution >= 4 is 18.0 Å². The van der Waals surface area contributed by atoms with Gasteiger partial charge in [-0.1, -0.05) is 32.6 Å². The van der Waals surface area contributed by atoms with Gasteiger partial charge in [-0.05, 0) is 65.1 Å². The normalized spacial score (nSPS) is 22.0. The van der Waals surface area contributed by atoms with E-state index in [0.717, 1.165) is 38.6 Å². The summed E-state index contributed by atoms with van der Waals surface area (Å²) in [6.45, 7) is 7.16. The predicted octanol–water partition coefficient (Wildman–Crippen LogP) is 3.28. The molecule has 8 heteroatoms. The standard InChI is InChI=1S/C24H45N5O3/c1-5-19-18-28(24(32)26-21-11-8-7-9-12-21)16-13-20(19)17-22(30)29(6-2)23(31)25-14-10-15-27(3)4/h19-21H,5-18H2,1-4H3,(H,25,31)(H,26,32). The van der Waals surface area contributed by atoms with Gasteiger partial charge in [-0.3, -0.25) is 9.69 Å². The van der Waals surface area contributed by atoms with Crippen LogP contribution in [0.2, 0.25) is 0 Å². The van der Waals surface area contributed by atoms with Gasteiger partial charge in [-0.15, -0.1) is 0 Å². The molecule has 1 aliphatic carbocycles. The fourth-order valence-electron chi connectivity index (χ4n) is 4.96. The molecule has 2 N–H and O–H groups in total. The summed E-state index contributed by atoms with van der Waals surface area (Å²) in [5, 5.41) is 6.09. The SMILES string of the molecule is CCC1CN(C(=O)NC2CCCCC2)CCC1CC(=O)N(CC)C(=O)NCCCN(C)C. The van der Waals surface area contributed by atoms with Gasteiger partial charge in [0, 0.05) is 38.6 Å². The molecule has 2 fully saturated rings. The molecule has 1 saturated heterocycles. The molecular formula is C24H45N5O3. The van der Waals surface area contributed by atoms with Gasteiger partial charge in [0.1, 0.15) is 0 Å². The first-order valence-electron chi connectivity index (χ1n) is 12.6. The highest BCUT2D eigenvalue weighted by molar-refractivity contribution is 5.94. The van der Waals surface area contributed by atoms with Crippen molar-refractivity contribution < 1.29 is 14.4 Å². The van der Waals surface area contributed by atoms with Crippen molar-refractivity contribution in [3.8, 4) is 0 Å². The molecule has 0 bridgehead atoms. The minimum atomic E-state index is -0.298. The zero-order chi connectivity index (χ0) is 23.5. The number of imide groups is 1. The van der Waals surface area contributed by atoms with Crippen LogP contribution in [0, 0.1) is 11.8 Å². The third kappa shape index (κ3) is 8.26. The molecule has 2 atom stereocenters. The van der Waals surface area contributed by atoms with Crippen LogP contribution in [0.15, 0.2) is 0 Å². The molecule has 1 saturated carbocycles. The highest BCUT2D eigenvalue weighted by atomic mass is 16.2. The summed E-state index contributed by atoms with van der Waals surface area (Å²) in [6.07, 6.45) is 8.79. The van der Waals surface area contributed by atoms with Crippen molar-refractivity contribution in [1.82, 2.24) is 25.3 Å². The number of nitrogens with one attached hydrogen (secondary N) is 2. The second kappa shape index (κ2) is 13.7. The van der Waals surface area contributed by atoms with Crippen LogP contribution >= 0.6 is 0 Å². The van der Waals surface area contributed by atoms with Crippen LogP contribution in [0.4, 0.5) is 9.59 Å². The average Bonchev–Trinajstić information content (AvgIpc) is 2.78. The summed E-state index contributed by atoms with van der Waals surface area (Å²) < 4.78 is 0. The second-order valence-corrected chi connectivity index (χ2v) is 9.68.